The SMILES string of the molecule is c1cnc2ccnn2c1.c1ncn2nccc2n1. The Morgan fingerprint density at radius 2 is 1.61 bits per heavy atom. The summed E-state index contributed by atoms with van der Waals surface area (Å²) in [6, 6.07) is 5.53. The molecule has 0 radical (unpaired) electrons. The minimum atomic E-state index is 0.824. The fraction of sp³-hybridized carbons (Fsp3) is 0. The number of nitrogens with zero attached hydrogens (tertiary/aromatic N) is 7. The van der Waals surface area contributed by atoms with Gasteiger partial charge in [-0.3, -0.25) is 0 Å². The zero-order valence-electron chi connectivity index (χ0n) is 9.33. The molecule has 0 atom stereocenters. The normalized spacial score (nSPS) is 10.2. The van der Waals surface area contributed by atoms with Crippen molar-refractivity contribution in [2.24, 2.45) is 0 Å². The molecule has 0 amide bonds. The van der Waals surface area contributed by atoms with E-state index in [0.29, 0.717) is 0 Å². The molecule has 0 aliphatic heterocycles. The molecule has 4 heterocycles. The molecule has 4 aromatic rings. The Labute approximate surface area is 102 Å². The van der Waals surface area contributed by atoms with Crippen LogP contribution in [-0.4, -0.2) is 34.2 Å². The quantitative estimate of drug-likeness (QED) is 0.455. The molecule has 4 aromatic heterocycles. The molecule has 0 saturated carbocycles. The summed E-state index contributed by atoms with van der Waals surface area (Å²) in [4.78, 5) is 11.7. The minimum Gasteiger partial charge on any atom is -0.237 e. The van der Waals surface area contributed by atoms with E-state index in [1.807, 2.05) is 24.4 Å². The van der Waals surface area contributed by atoms with Crippen molar-refractivity contribution in [1.82, 2.24) is 34.2 Å². The van der Waals surface area contributed by atoms with E-state index in [4.69, 9.17) is 0 Å². The molecule has 0 aliphatic rings. The van der Waals surface area contributed by atoms with Crippen LogP contribution in [0.1, 0.15) is 0 Å². The van der Waals surface area contributed by atoms with E-state index in [9.17, 15) is 0 Å². The average Bonchev–Trinajstić information content (AvgIpc) is 3.08. The predicted octanol–water partition coefficient (Wildman–Crippen LogP) is 0.854. The summed E-state index contributed by atoms with van der Waals surface area (Å²) in [6.07, 6.45) is 10.1. The van der Waals surface area contributed by atoms with E-state index in [1.54, 1.807) is 33.9 Å². The number of rotatable bonds is 0. The Hall–Kier alpha value is -2.83. The molecule has 0 aromatic carbocycles. The van der Waals surface area contributed by atoms with Gasteiger partial charge in [-0.15, -0.1) is 0 Å². The highest BCUT2D eigenvalue weighted by atomic mass is 15.3. The number of aromatic nitrogens is 7. The molecule has 0 spiro atoms. The van der Waals surface area contributed by atoms with Crippen molar-refractivity contribution in [1.29, 1.82) is 0 Å². The van der Waals surface area contributed by atoms with Gasteiger partial charge in [-0.25, -0.2) is 24.0 Å². The molecule has 0 aliphatic carbocycles. The van der Waals surface area contributed by atoms with Gasteiger partial charge in [0.05, 0.1) is 12.4 Å². The van der Waals surface area contributed by atoms with Gasteiger partial charge in [0.15, 0.2) is 11.3 Å². The van der Waals surface area contributed by atoms with Crippen LogP contribution >= 0.6 is 0 Å². The Balaban J connectivity index is 0.000000111. The molecule has 0 unspecified atom stereocenters. The summed E-state index contributed by atoms with van der Waals surface area (Å²) in [5.41, 5.74) is 1.71. The predicted molar refractivity (Wildman–Crippen MR) is 63.8 cm³/mol. The summed E-state index contributed by atoms with van der Waals surface area (Å²) in [7, 11) is 0. The van der Waals surface area contributed by atoms with Crippen molar-refractivity contribution in [3.05, 3.63) is 55.6 Å². The summed E-state index contributed by atoms with van der Waals surface area (Å²) >= 11 is 0. The molecular formula is C11H9N7. The second kappa shape index (κ2) is 4.58. The second-order valence-electron chi connectivity index (χ2n) is 3.40. The van der Waals surface area contributed by atoms with Crippen molar-refractivity contribution in [2.75, 3.05) is 0 Å². The number of hydrogen-bond acceptors (Lipinski definition) is 5. The lowest BCUT2D eigenvalue weighted by atomic mass is 10.6. The Morgan fingerprint density at radius 1 is 0.833 bits per heavy atom. The van der Waals surface area contributed by atoms with Gasteiger partial charge in [-0.1, -0.05) is 0 Å². The van der Waals surface area contributed by atoms with Crippen molar-refractivity contribution >= 4 is 11.3 Å². The van der Waals surface area contributed by atoms with Crippen LogP contribution < -0.4 is 0 Å². The fourth-order valence-electron chi connectivity index (χ4n) is 1.45. The number of fused-ring (bicyclic) bond motifs is 2. The lowest BCUT2D eigenvalue weighted by Crippen LogP contribution is -1.88. The average molecular weight is 239 g/mol. The summed E-state index contributed by atoms with van der Waals surface area (Å²) < 4.78 is 3.33. The van der Waals surface area contributed by atoms with Gasteiger partial charge in [-0.2, -0.15) is 10.2 Å². The van der Waals surface area contributed by atoms with E-state index >= 15 is 0 Å². The topological polar surface area (TPSA) is 73.3 Å². The van der Waals surface area contributed by atoms with Gasteiger partial charge in [0, 0.05) is 24.5 Å². The summed E-state index contributed by atoms with van der Waals surface area (Å²) in [6.45, 7) is 0. The van der Waals surface area contributed by atoms with Crippen LogP contribution in [0, 0.1) is 0 Å². The Bertz CT molecular complexity index is 631. The third-order valence-electron chi connectivity index (χ3n) is 2.25. The molecule has 7 nitrogen and oxygen atoms in total. The lowest BCUT2D eigenvalue weighted by Gasteiger charge is -1.85. The molecular weight excluding hydrogens is 230 g/mol. The lowest BCUT2D eigenvalue weighted by molar-refractivity contribution is 0.891. The van der Waals surface area contributed by atoms with Gasteiger partial charge in [0.25, 0.3) is 0 Å². The van der Waals surface area contributed by atoms with E-state index in [0.717, 1.165) is 11.3 Å². The monoisotopic (exact) mass is 239 g/mol. The zero-order chi connectivity index (χ0) is 12.2. The van der Waals surface area contributed by atoms with Crippen molar-refractivity contribution in [2.45, 2.75) is 0 Å². The number of hydrogen-bond donors (Lipinski definition) is 0. The summed E-state index contributed by atoms with van der Waals surface area (Å²) in [5.74, 6) is 0. The maximum atomic E-state index is 4.04. The molecule has 0 saturated heterocycles. The molecule has 0 fully saturated rings. The van der Waals surface area contributed by atoms with Crippen molar-refractivity contribution < 1.29 is 0 Å². The first-order valence-electron chi connectivity index (χ1n) is 5.27. The van der Waals surface area contributed by atoms with E-state index < -0.39 is 0 Å². The van der Waals surface area contributed by atoms with E-state index in [-0.39, 0.29) is 0 Å². The minimum absolute atomic E-state index is 0.824. The first-order chi connectivity index (χ1) is 8.93. The largest absolute Gasteiger partial charge is 0.237 e. The third-order valence-corrected chi connectivity index (χ3v) is 2.25. The van der Waals surface area contributed by atoms with Gasteiger partial charge in [0.2, 0.25) is 0 Å². The van der Waals surface area contributed by atoms with Crippen LogP contribution in [0.5, 0.6) is 0 Å². The van der Waals surface area contributed by atoms with Gasteiger partial charge in [-0.05, 0) is 6.07 Å². The first kappa shape index (κ1) is 10.3. The molecule has 0 N–H and O–H groups in total. The first-order valence-corrected chi connectivity index (χ1v) is 5.27. The molecule has 18 heavy (non-hydrogen) atoms. The molecule has 7 heteroatoms. The van der Waals surface area contributed by atoms with Crippen LogP contribution in [0.25, 0.3) is 11.3 Å². The standard InChI is InChI=1S/C6H5N3.C5H4N4/c1-3-7-6-2-4-8-9(6)5-1;1-2-8-9-4-6-3-7-5(1)9/h1-5H;1-4H. The second-order valence-corrected chi connectivity index (χ2v) is 3.40. The van der Waals surface area contributed by atoms with Gasteiger partial charge >= 0.3 is 0 Å². The van der Waals surface area contributed by atoms with E-state index in [1.165, 1.54) is 6.33 Å². The maximum Gasteiger partial charge on any atom is 0.158 e. The van der Waals surface area contributed by atoms with Crippen LogP contribution in [0.2, 0.25) is 0 Å². The maximum absolute atomic E-state index is 4.04. The zero-order valence-corrected chi connectivity index (χ0v) is 9.33. The smallest absolute Gasteiger partial charge is 0.158 e. The van der Waals surface area contributed by atoms with Crippen LogP contribution in [0.15, 0.2) is 55.6 Å². The van der Waals surface area contributed by atoms with Crippen LogP contribution in [0.3, 0.4) is 0 Å². The highest BCUT2D eigenvalue weighted by Gasteiger charge is 1.88. The van der Waals surface area contributed by atoms with Crippen molar-refractivity contribution in [3.63, 3.8) is 0 Å². The molecule has 4 rings (SSSR count). The van der Waals surface area contributed by atoms with Crippen molar-refractivity contribution in [3.8, 4) is 0 Å². The van der Waals surface area contributed by atoms with Gasteiger partial charge < -0.3 is 0 Å². The van der Waals surface area contributed by atoms with Crippen LogP contribution in [0.4, 0.5) is 0 Å². The third kappa shape index (κ3) is 2.01. The molecule has 88 valence electrons. The Kier molecular flexibility index (Phi) is 2.63. The summed E-state index contributed by atoms with van der Waals surface area (Å²) in [5, 5.41) is 7.88. The fourth-order valence-corrected chi connectivity index (χ4v) is 1.45. The Morgan fingerprint density at radius 3 is 2.39 bits per heavy atom. The molecule has 0 bridgehead atoms. The van der Waals surface area contributed by atoms with E-state index in [2.05, 4.69) is 25.1 Å². The van der Waals surface area contributed by atoms with Gasteiger partial charge in [0.1, 0.15) is 12.7 Å². The highest BCUT2D eigenvalue weighted by Crippen LogP contribution is 1.93. The van der Waals surface area contributed by atoms with Crippen LogP contribution in [-0.2, 0) is 0 Å². The highest BCUT2D eigenvalue weighted by molar-refractivity contribution is 5.34.